The zero-order valence-electron chi connectivity index (χ0n) is 19.1. The van der Waals surface area contributed by atoms with Gasteiger partial charge in [0.25, 0.3) is 11.8 Å². The minimum Gasteiger partial charge on any atom is -0.348 e. The van der Waals surface area contributed by atoms with Gasteiger partial charge in [0.15, 0.2) is 0 Å². The molecule has 3 aromatic heterocycles. The number of pyridine rings is 1. The fourth-order valence-electron chi connectivity index (χ4n) is 4.40. The van der Waals surface area contributed by atoms with Crippen molar-refractivity contribution in [1.29, 1.82) is 0 Å². The Hall–Kier alpha value is -3.52. The standard InChI is InChI=1S/C26H27N5O2S/c1-2-24-29-22(17-34-24)26(33)31-12-8-20(9-13-31)19-3-5-21(6-4-19)25(32)28-16-18-7-11-30-14-10-27-23(30)15-18/h3-7,10-11,14-15,17,20H,2,8-9,12-13,16H2,1H3,(H,28,32). The number of aromatic nitrogens is 3. The third-order valence-corrected chi connectivity index (χ3v) is 7.41. The monoisotopic (exact) mass is 473 g/mol. The van der Waals surface area contributed by atoms with Crippen LogP contribution in [0.3, 0.4) is 0 Å². The van der Waals surface area contributed by atoms with Gasteiger partial charge in [0.1, 0.15) is 11.3 Å². The van der Waals surface area contributed by atoms with Gasteiger partial charge in [-0.3, -0.25) is 9.59 Å². The summed E-state index contributed by atoms with van der Waals surface area (Å²) in [6.45, 7) is 3.96. The number of imidazole rings is 1. The van der Waals surface area contributed by atoms with Gasteiger partial charge in [-0.05, 0) is 60.6 Å². The second kappa shape index (κ2) is 9.77. The number of fused-ring (bicyclic) bond motifs is 1. The Balaban J connectivity index is 1.14. The molecule has 34 heavy (non-hydrogen) atoms. The Morgan fingerprint density at radius 2 is 1.91 bits per heavy atom. The molecular weight excluding hydrogens is 446 g/mol. The predicted molar refractivity (Wildman–Crippen MR) is 132 cm³/mol. The van der Waals surface area contributed by atoms with E-state index in [1.807, 2.05) is 63.5 Å². The highest BCUT2D eigenvalue weighted by Crippen LogP contribution is 2.29. The van der Waals surface area contributed by atoms with Crippen molar-refractivity contribution in [3.63, 3.8) is 0 Å². The van der Waals surface area contributed by atoms with E-state index in [1.54, 1.807) is 17.5 Å². The Kier molecular flexibility index (Phi) is 6.40. The van der Waals surface area contributed by atoms with Crippen LogP contribution >= 0.6 is 11.3 Å². The number of carbonyl (C=O) groups is 2. The van der Waals surface area contributed by atoms with Crippen molar-refractivity contribution >= 4 is 28.8 Å². The number of thiazole rings is 1. The summed E-state index contributed by atoms with van der Waals surface area (Å²) in [4.78, 5) is 36.0. The third kappa shape index (κ3) is 4.72. The lowest BCUT2D eigenvalue weighted by Gasteiger charge is -2.32. The molecule has 8 heteroatoms. The first-order valence-corrected chi connectivity index (χ1v) is 12.5. The molecule has 0 spiro atoms. The summed E-state index contributed by atoms with van der Waals surface area (Å²) >= 11 is 1.55. The molecule has 1 saturated heterocycles. The largest absolute Gasteiger partial charge is 0.348 e. The first kappa shape index (κ1) is 22.3. The molecule has 0 unspecified atom stereocenters. The first-order valence-electron chi connectivity index (χ1n) is 11.6. The Labute approximate surface area is 202 Å². The minimum atomic E-state index is -0.0927. The zero-order valence-corrected chi connectivity index (χ0v) is 19.9. The number of piperidine rings is 1. The Morgan fingerprint density at radius 1 is 1.12 bits per heavy atom. The van der Waals surface area contributed by atoms with Crippen molar-refractivity contribution in [2.75, 3.05) is 13.1 Å². The molecular formula is C26H27N5O2S. The van der Waals surface area contributed by atoms with E-state index in [4.69, 9.17) is 0 Å². The van der Waals surface area contributed by atoms with Gasteiger partial charge in [0.2, 0.25) is 0 Å². The average molecular weight is 474 g/mol. The minimum absolute atomic E-state index is 0.0355. The van der Waals surface area contributed by atoms with Crippen molar-refractivity contribution in [2.45, 2.75) is 38.6 Å². The second-order valence-electron chi connectivity index (χ2n) is 8.58. The fraction of sp³-hybridized carbons (Fsp3) is 0.308. The molecule has 7 nitrogen and oxygen atoms in total. The average Bonchev–Trinajstić information content (AvgIpc) is 3.56. The summed E-state index contributed by atoms with van der Waals surface area (Å²) in [7, 11) is 0. The van der Waals surface area contributed by atoms with Gasteiger partial charge < -0.3 is 14.6 Å². The van der Waals surface area contributed by atoms with E-state index in [-0.39, 0.29) is 11.8 Å². The number of hydrogen-bond donors (Lipinski definition) is 1. The van der Waals surface area contributed by atoms with Crippen molar-refractivity contribution in [3.8, 4) is 0 Å². The van der Waals surface area contributed by atoms with E-state index in [2.05, 4.69) is 22.2 Å². The van der Waals surface area contributed by atoms with E-state index in [9.17, 15) is 9.59 Å². The maximum Gasteiger partial charge on any atom is 0.273 e. The molecule has 1 aliphatic heterocycles. The maximum absolute atomic E-state index is 12.7. The molecule has 2 amide bonds. The van der Waals surface area contributed by atoms with Crippen molar-refractivity contribution in [2.24, 2.45) is 0 Å². The number of aryl methyl sites for hydroxylation is 1. The van der Waals surface area contributed by atoms with Crippen LogP contribution in [0.15, 0.2) is 60.4 Å². The molecule has 0 saturated carbocycles. The quantitative estimate of drug-likeness (QED) is 0.453. The molecule has 1 fully saturated rings. The summed E-state index contributed by atoms with van der Waals surface area (Å²) in [6, 6.07) is 11.8. The Morgan fingerprint density at radius 3 is 2.65 bits per heavy atom. The van der Waals surface area contributed by atoms with E-state index in [1.165, 1.54) is 5.56 Å². The molecule has 1 N–H and O–H groups in total. The summed E-state index contributed by atoms with van der Waals surface area (Å²) in [6.07, 6.45) is 8.27. The number of nitrogens with one attached hydrogen (secondary N) is 1. The summed E-state index contributed by atoms with van der Waals surface area (Å²) in [5.74, 6) is 0.335. The van der Waals surface area contributed by atoms with Gasteiger partial charge >= 0.3 is 0 Å². The van der Waals surface area contributed by atoms with Crippen LogP contribution in [0.1, 0.15) is 62.7 Å². The van der Waals surface area contributed by atoms with Crippen molar-refractivity contribution in [1.82, 2.24) is 24.6 Å². The van der Waals surface area contributed by atoms with Crippen LogP contribution < -0.4 is 5.32 Å². The van der Waals surface area contributed by atoms with E-state index < -0.39 is 0 Å². The molecule has 174 valence electrons. The lowest BCUT2D eigenvalue weighted by atomic mass is 9.89. The van der Waals surface area contributed by atoms with Crippen molar-refractivity contribution in [3.05, 3.63) is 87.8 Å². The van der Waals surface area contributed by atoms with Crippen LogP contribution in [-0.4, -0.2) is 44.2 Å². The number of benzene rings is 1. The summed E-state index contributed by atoms with van der Waals surface area (Å²) < 4.78 is 1.94. The number of hydrogen-bond acceptors (Lipinski definition) is 5. The molecule has 1 aromatic carbocycles. The highest BCUT2D eigenvalue weighted by molar-refractivity contribution is 7.09. The smallest absolute Gasteiger partial charge is 0.273 e. The number of rotatable bonds is 6. The lowest BCUT2D eigenvalue weighted by molar-refractivity contribution is 0.0707. The van der Waals surface area contributed by atoms with Gasteiger partial charge in [-0.2, -0.15) is 0 Å². The molecule has 0 radical (unpaired) electrons. The van der Waals surface area contributed by atoms with Gasteiger partial charge in [-0.25, -0.2) is 9.97 Å². The topological polar surface area (TPSA) is 79.6 Å². The number of nitrogens with zero attached hydrogens (tertiary/aromatic N) is 4. The van der Waals surface area contributed by atoms with Gasteiger partial charge in [-0.1, -0.05) is 19.1 Å². The van der Waals surface area contributed by atoms with E-state index in [0.29, 0.717) is 23.7 Å². The van der Waals surface area contributed by atoms with E-state index in [0.717, 1.165) is 48.6 Å². The van der Waals surface area contributed by atoms with E-state index >= 15 is 0 Å². The van der Waals surface area contributed by atoms with Crippen molar-refractivity contribution < 1.29 is 9.59 Å². The second-order valence-corrected chi connectivity index (χ2v) is 9.52. The zero-order chi connectivity index (χ0) is 23.5. The molecule has 0 bridgehead atoms. The summed E-state index contributed by atoms with van der Waals surface area (Å²) in [5.41, 5.74) is 4.30. The highest BCUT2D eigenvalue weighted by atomic mass is 32.1. The number of carbonyl (C=O) groups excluding carboxylic acids is 2. The molecule has 5 rings (SSSR count). The molecule has 4 aromatic rings. The molecule has 1 aliphatic rings. The summed E-state index contributed by atoms with van der Waals surface area (Å²) in [5, 5.41) is 5.85. The van der Waals surface area contributed by atoms with Gasteiger partial charge in [-0.15, -0.1) is 11.3 Å². The van der Waals surface area contributed by atoms with Crippen LogP contribution in [-0.2, 0) is 13.0 Å². The Bertz CT molecular complexity index is 1300. The normalized spacial score (nSPS) is 14.4. The first-order chi connectivity index (χ1) is 16.6. The van der Waals surface area contributed by atoms with Crippen LogP contribution in [0.2, 0.25) is 0 Å². The fourth-order valence-corrected chi connectivity index (χ4v) is 5.12. The van der Waals surface area contributed by atoms with Crippen LogP contribution in [0.25, 0.3) is 5.65 Å². The van der Waals surface area contributed by atoms with Crippen LogP contribution in [0, 0.1) is 0 Å². The van der Waals surface area contributed by atoms with Gasteiger partial charge in [0, 0.05) is 49.2 Å². The SMILES string of the molecule is CCc1nc(C(=O)N2CCC(c3ccc(C(=O)NCc4ccn5ccnc5c4)cc3)CC2)cs1. The predicted octanol–water partition coefficient (Wildman–Crippen LogP) is 4.30. The van der Waals surface area contributed by atoms with Crippen LogP contribution in [0.5, 0.6) is 0 Å². The molecule has 4 heterocycles. The lowest BCUT2D eigenvalue weighted by Crippen LogP contribution is -2.38. The molecule has 0 atom stereocenters. The van der Waals surface area contributed by atoms with Gasteiger partial charge in [0.05, 0.1) is 5.01 Å². The maximum atomic E-state index is 12.7. The van der Waals surface area contributed by atoms with Crippen LogP contribution in [0.4, 0.5) is 0 Å². The third-order valence-electron chi connectivity index (χ3n) is 6.42. The number of likely N-dealkylation sites (tertiary alicyclic amines) is 1. The molecule has 0 aliphatic carbocycles. The number of amides is 2. The highest BCUT2D eigenvalue weighted by Gasteiger charge is 2.26.